The average molecular weight is 416 g/mol. The van der Waals surface area contributed by atoms with Crippen molar-refractivity contribution in [2.24, 2.45) is 0 Å². The van der Waals surface area contributed by atoms with Crippen LogP contribution in [0.4, 0.5) is 5.00 Å². The van der Waals surface area contributed by atoms with Gasteiger partial charge in [-0.3, -0.25) is 4.79 Å². The zero-order valence-electron chi connectivity index (χ0n) is 17.4. The molecule has 1 heterocycles. The average Bonchev–Trinajstić information content (AvgIpc) is 3.04. The van der Waals surface area contributed by atoms with E-state index in [1.54, 1.807) is 6.92 Å². The number of esters is 1. The third kappa shape index (κ3) is 5.38. The van der Waals surface area contributed by atoms with E-state index >= 15 is 0 Å². The molecule has 3 rings (SSSR count). The maximum Gasteiger partial charge on any atom is 0.341 e. The molecule has 6 heteroatoms. The highest BCUT2D eigenvalue weighted by Crippen LogP contribution is 2.38. The number of ether oxygens (including phenoxy) is 2. The maximum absolute atomic E-state index is 12.5. The SMILES string of the molecule is CCOC(=O)c1c(NC(=O)CCCOc2ccc(C)cc2C)sc2c1CCCC2. The van der Waals surface area contributed by atoms with Crippen LogP contribution >= 0.6 is 11.3 Å². The zero-order chi connectivity index (χ0) is 20.8. The molecule has 0 aliphatic heterocycles. The van der Waals surface area contributed by atoms with Gasteiger partial charge in [0.2, 0.25) is 5.91 Å². The first-order chi connectivity index (χ1) is 14.0. The van der Waals surface area contributed by atoms with Crippen LogP contribution in [0.3, 0.4) is 0 Å². The van der Waals surface area contributed by atoms with Gasteiger partial charge in [0.05, 0.1) is 18.8 Å². The first-order valence-electron chi connectivity index (χ1n) is 10.3. The highest BCUT2D eigenvalue weighted by Gasteiger charge is 2.27. The van der Waals surface area contributed by atoms with Gasteiger partial charge < -0.3 is 14.8 Å². The molecule has 0 saturated heterocycles. The third-order valence-corrected chi connectivity index (χ3v) is 6.25. The molecule has 156 valence electrons. The molecule has 1 aromatic heterocycles. The monoisotopic (exact) mass is 415 g/mol. The lowest BCUT2D eigenvalue weighted by Crippen LogP contribution is -2.16. The molecule has 5 nitrogen and oxygen atoms in total. The smallest absolute Gasteiger partial charge is 0.341 e. The van der Waals surface area contributed by atoms with Gasteiger partial charge in [-0.2, -0.15) is 0 Å². The Morgan fingerprint density at radius 1 is 1.17 bits per heavy atom. The van der Waals surface area contributed by atoms with Crippen LogP contribution < -0.4 is 10.1 Å². The van der Waals surface area contributed by atoms with E-state index in [0.717, 1.165) is 42.6 Å². The molecule has 0 radical (unpaired) electrons. The van der Waals surface area contributed by atoms with E-state index in [1.165, 1.54) is 21.8 Å². The summed E-state index contributed by atoms with van der Waals surface area (Å²) in [6.07, 6.45) is 4.98. The summed E-state index contributed by atoms with van der Waals surface area (Å²) < 4.78 is 11.0. The van der Waals surface area contributed by atoms with Crippen molar-refractivity contribution in [1.29, 1.82) is 0 Å². The number of thiophene rings is 1. The topological polar surface area (TPSA) is 64.6 Å². The van der Waals surface area contributed by atoms with E-state index in [1.807, 2.05) is 26.0 Å². The largest absolute Gasteiger partial charge is 0.493 e. The fraction of sp³-hybridized carbons (Fsp3) is 0.478. The molecule has 0 spiro atoms. The van der Waals surface area contributed by atoms with Crippen LogP contribution in [0.15, 0.2) is 18.2 Å². The molecule has 2 aromatic rings. The van der Waals surface area contributed by atoms with Gasteiger partial charge in [0.1, 0.15) is 10.8 Å². The Morgan fingerprint density at radius 3 is 2.72 bits per heavy atom. The van der Waals surface area contributed by atoms with Gasteiger partial charge in [0, 0.05) is 11.3 Å². The van der Waals surface area contributed by atoms with Crippen LogP contribution in [-0.2, 0) is 22.4 Å². The lowest BCUT2D eigenvalue weighted by molar-refractivity contribution is -0.116. The van der Waals surface area contributed by atoms with E-state index in [4.69, 9.17) is 9.47 Å². The Morgan fingerprint density at radius 2 is 1.97 bits per heavy atom. The van der Waals surface area contributed by atoms with Gasteiger partial charge >= 0.3 is 5.97 Å². The van der Waals surface area contributed by atoms with Crippen molar-refractivity contribution in [2.75, 3.05) is 18.5 Å². The van der Waals surface area contributed by atoms with E-state index in [0.29, 0.717) is 36.6 Å². The Hall–Kier alpha value is -2.34. The van der Waals surface area contributed by atoms with E-state index in [2.05, 4.69) is 11.4 Å². The number of aryl methyl sites for hydroxylation is 3. The normalized spacial score (nSPS) is 12.9. The van der Waals surface area contributed by atoms with Crippen molar-refractivity contribution in [3.63, 3.8) is 0 Å². The second-order valence-electron chi connectivity index (χ2n) is 7.40. The summed E-state index contributed by atoms with van der Waals surface area (Å²) in [6.45, 7) is 6.67. The van der Waals surface area contributed by atoms with Crippen molar-refractivity contribution < 1.29 is 19.1 Å². The number of fused-ring (bicyclic) bond motifs is 1. The van der Waals surface area contributed by atoms with E-state index in [-0.39, 0.29) is 11.9 Å². The second-order valence-corrected chi connectivity index (χ2v) is 8.51. The van der Waals surface area contributed by atoms with Crippen LogP contribution in [0.5, 0.6) is 5.75 Å². The standard InChI is InChI=1S/C23H29NO4S/c1-4-27-23(26)21-17-8-5-6-9-19(17)29-22(21)24-20(25)10-7-13-28-18-12-11-15(2)14-16(18)3/h11-12,14H,4-10,13H2,1-3H3,(H,24,25). The summed E-state index contributed by atoms with van der Waals surface area (Å²) in [6, 6.07) is 6.06. The first kappa shape index (κ1) is 21.4. The number of carbonyl (C=O) groups is 2. The molecular formula is C23H29NO4S. The summed E-state index contributed by atoms with van der Waals surface area (Å²) in [5.41, 5.74) is 3.92. The summed E-state index contributed by atoms with van der Waals surface area (Å²) in [5, 5.41) is 3.58. The van der Waals surface area contributed by atoms with Crippen molar-refractivity contribution in [3.05, 3.63) is 45.3 Å². The minimum atomic E-state index is -0.333. The number of amides is 1. The molecule has 29 heavy (non-hydrogen) atoms. The second kappa shape index (κ2) is 9.92. The molecular weight excluding hydrogens is 386 g/mol. The van der Waals surface area contributed by atoms with Crippen LogP contribution in [0, 0.1) is 13.8 Å². The Bertz CT molecular complexity index is 887. The lowest BCUT2D eigenvalue weighted by atomic mass is 9.95. The number of hydrogen-bond acceptors (Lipinski definition) is 5. The minimum absolute atomic E-state index is 0.0987. The first-order valence-corrected chi connectivity index (χ1v) is 11.1. The summed E-state index contributed by atoms with van der Waals surface area (Å²) >= 11 is 1.52. The molecule has 0 fully saturated rings. The van der Waals surface area contributed by atoms with Crippen LogP contribution in [0.2, 0.25) is 0 Å². The van der Waals surface area contributed by atoms with Gasteiger partial charge in [0.15, 0.2) is 0 Å². The maximum atomic E-state index is 12.5. The number of hydrogen-bond donors (Lipinski definition) is 1. The van der Waals surface area contributed by atoms with Crippen molar-refractivity contribution >= 4 is 28.2 Å². The van der Waals surface area contributed by atoms with Gasteiger partial charge in [-0.15, -0.1) is 11.3 Å². The highest BCUT2D eigenvalue weighted by atomic mass is 32.1. The summed E-state index contributed by atoms with van der Waals surface area (Å²) in [5.74, 6) is 0.422. The van der Waals surface area contributed by atoms with Crippen molar-refractivity contribution in [2.45, 2.75) is 59.3 Å². The Labute approximate surface area is 176 Å². The van der Waals surface area contributed by atoms with Crippen LogP contribution in [0.1, 0.15) is 64.5 Å². The molecule has 0 saturated carbocycles. The third-order valence-electron chi connectivity index (χ3n) is 5.04. The molecule has 1 N–H and O–H groups in total. The van der Waals surface area contributed by atoms with Crippen molar-refractivity contribution in [1.82, 2.24) is 0 Å². The molecule has 1 amide bonds. The van der Waals surface area contributed by atoms with Gasteiger partial charge in [0.25, 0.3) is 0 Å². The summed E-state index contributed by atoms with van der Waals surface area (Å²) in [7, 11) is 0. The van der Waals surface area contributed by atoms with Gasteiger partial charge in [-0.05, 0) is 70.1 Å². The Balaban J connectivity index is 1.57. The summed E-state index contributed by atoms with van der Waals surface area (Å²) in [4.78, 5) is 26.1. The molecule has 0 bridgehead atoms. The fourth-order valence-corrected chi connectivity index (χ4v) is 4.93. The molecule has 1 aromatic carbocycles. The van der Waals surface area contributed by atoms with Crippen LogP contribution in [0.25, 0.3) is 0 Å². The fourth-order valence-electron chi connectivity index (χ4n) is 3.64. The number of carbonyl (C=O) groups excluding carboxylic acids is 2. The number of rotatable bonds is 8. The van der Waals surface area contributed by atoms with Crippen LogP contribution in [-0.4, -0.2) is 25.1 Å². The van der Waals surface area contributed by atoms with Gasteiger partial charge in [-0.1, -0.05) is 17.7 Å². The minimum Gasteiger partial charge on any atom is -0.493 e. The van der Waals surface area contributed by atoms with Gasteiger partial charge in [-0.25, -0.2) is 4.79 Å². The number of benzene rings is 1. The molecule has 1 aliphatic carbocycles. The molecule has 1 aliphatic rings. The lowest BCUT2D eigenvalue weighted by Gasteiger charge is -2.12. The number of anilines is 1. The quantitative estimate of drug-likeness (QED) is 0.474. The zero-order valence-corrected chi connectivity index (χ0v) is 18.2. The van der Waals surface area contributed by atoms with Crippen molar-refractivity contribution in [3.8, 4) is 5.75 Å². The molecule has 0 atom stereocenters. The predicted octanol–water partition coefficient (Wildman–Crippen LogP) is 5.22. The highest BCUT2D eigenvalue weighted by molar-refractivity contribution is 7.17. The van der Waals surface area contributed by atoms with E-state index in [9.17, 15) is 9.59 Å². The molecule has 0 unspecified atom stereocenters. The predicted molar refractivity (Wildman–Crippen MR) is 116 cm³/mol. The number of nitrogens with one attached hydrogen (secondary N) is 1. The Kier molecular flexibility index (Phi) is 7.31. The van der Waals surface area contributed by atoms with E-state index < -0.39 is 0 Å².